The van der Waals surface area contributed by atoms with E-state index in [2.05, 4.69) is 0 Å². The molecular weight excluding hydrogens is 282 g/mol. The molecule has 0 aliphatic carbocycles. The van der Waals surface area contributed by atoms with Crippen LogP contribution in [0.5, 0.6) is 0 Å². The van der Waals surface area contributed by atoms with Crippen molar-refractivity contribution in [2.45, 2.75) is 31.2 Å². The lowest BCUT2D eigenvalue weighted by atomic mass is 10.3. The van der Waals surface area contributed by atoms with Crippen LogP contribution in [0.3, 0.4) is 0 Å². The van der Waals surface area contributed by atoms with Crippen molar-refractivity contribution in [2.24, 2.45) is 0 Å². The van der Waals surface area contributed by atoms with E-state index in [-0.39, 0.29) is 29.6 Å². The molecule has 7 nitrogen and oxygen atoms in total. The van der Waals surface area contributed by atoms with E-state index in [1.54, 1.807) is 13.8 Å². The summed E-state index contributed by atoms with van der Waals surface area (Å²) in [4.78, 5) is 9.95. The van der Waals surface area contributed by atoms with Crippen LogP contribution in [0.25, 0.3) is 0 Å². The Kier molecular flexibility index (Phi) is 5.19. The van der Waals surface area contributed by atoms with Crippen molar-refractivity contribution in [1.29, 1.82) is 5.26 Å². The van der Waals surface area contributed by atoms with E-state index in [9.17, 15) is 18.5 Å². The zero-order valence-electron chi connectivity index (χ0n) is 11.2. The smallest absolute Gasteiger partial charge is 0.258 e. The summed E-state index contributed by atoms with van der Waals surface area (Å²) in [5.41, 5.74) is -0.169. The van der Waals surface area contributed by atoms with Gasteiger partial charge in [0.25, 0.3) is 5.69 Å². The second-order valence-electron chi connectivity index (χ2n) is 4.37. The number of nitriles is 1. The Bertz CT molecular complexity index is 617. The fourth-order valence-electron chi connectivity index (χ4n) is 1.69. The molecule has 0 aliphatic rings. The Morgan fingerprint density at radius 1 is 1.35 bits per heavy atom. The molecule has 0 fully saturated rings. The number of nitrogens with zero attached hydrogens (tertiary/aromatic N) is 3. The molecule has 0 amide bonds. The van der Waals surface area contributed by atoms with Crippen LogP contribution in [-0.2, 0) is 10.0 Å². The van der Waals surface area contributed by atoms with E-state index in [0.29, 0.717) is 0 Å². The average Bonchev–Trinajstić information content (AvgIpc) is 2.38. The van der Waals surface area contributed by atoms with Crippen LogP contribution < -0.4 is 0 Å². The van der Waals surface area contributed by atoms with Crippen molar-refractivity contribution in [3.8, 4) is 6.07 Å². The van der Waals surface area contributed by atoms with E-state index in [1.807, 2.05) is 6.07 Å². The van der Waals surface area contributed by atoms with Gasteiger partial charge in [-0.05, 0) is 26.0 Å². The molecule has 1 rings (SSSR count). The second-order valence-corrected chi connectivity index (χ2v) is 6.26. The van der Waals surface area contributed by atoms with Crippen LogP contribution in [0.15, 0.2) is 29.2 Å². The summed E-state index contributed by atoms with van der Waals surface area (Å²) in [6.45, 7) is 3.51. The number of hydrogen-bond acceptors (Lipinski definition) is 5. The Morgan fingerprint density at radius 2 is 1.90 bits per heavy atom. The monoisotopic (exact) mass is 297 g/mol. The van der Waals surface area contributed by atoms with E-state index in [4.69, 9.17) is 5.26 Å². The molecule has 0 spiro atoms. The van der Waals surface area contributed by atoms with Crippen LogP contribution >= 0.6 is 0 Å². The fourth-order valence-corrected chi connectivity index (χ4v) is 3.33. The van der Waals surface area contributed by atoms with Gasteiger partial charge < -0.3 is 0 Å². The molecular formula is C12H15N3O4S. The number of rotatable bonds is 6. The molecule has 108 valence electrons. The average molecular weight is 297 g/mol. The molecule has 0 atom stereocenters. The van der Waals surface area contributed by atoms with Gasteiger partial charge in [0.05, 0.1) is 15.9 Å². The quantitative estimate of drug-likeness (QED) is 0.589. The zero-order chi connectivity index (χ0) is 15.3. The first-order chi connectivity index (χ1) is 9.30. The molecule has 0 unspecified atom stereocenters. The summed E-state index contributed by atoms with van der Waals surface area (Å²) in [5, 5.41) is 19.1. The predicted octanol–water partition coefficient (Wildman–Crippen LogP) is 1.91. The van der Waals surface area contributed by atoms with Gasteiger partial charge >= 0.3 is 0 Å². The standard InChI is InChI=1S/C12H15N3O4S/c1-10(2)14(9-3-8-13)20(18,19)12-6-4-11(5-7-12)15(16)17/h4-7,10H,3,9H2,1-2H3. The van der Waals surface area contributed by atoms with Gasteiger partial charge in [-0.3, -0.25) is 10.1 Å². The lowest BCUT2D eigenvalue weighted by molar-refractivity contribution is -0.384. The van der Waals surface area contributed by atoms with Gasteiger partial charge in [0.1, 0.15) is 0 Å². The number of non-ortho nitro benzene ring substituents is 1. The second kappa shape index (κ2) is 6.45. The summed E-state index contributed by atoms with van der Waals surface area (Å²) < 4.78 is 26.0. The highest BCUT2D eigenvalue weighted by Gasteiger charge is 2.26. The number of sulfonamides is 1. The van der Waals surface area contributed by atoms with Crippen LogP contribution in [0.1, 0.15) is 20.3 Å². The van der Waals surface area contributed by atoms with Gasteiger partial charge in [0.2, 0.25) is 10.0 Å². The summed E-state index contributed by atoms with van der Waals surface area (Å²) in [5.74, 6) is 0. The lowest BCUT2D eigenvalue weighted by Gasteiger charge is -2.24. The minimum Gasteiger partial charge on any atom is -0.258 e. The molecule has 0 heterocycles. The third-order valence-corrected chi connectivity index (χ3v) is 4.76. The van der Waals surface area contributed by atoms with E-state index in [0.717, 1.165) is 12.1 Å². The minimum atomic E-state index is -3.76. The molecule has 0 radical (unpaired) electrons. The molecule has 0 aliphatic heterocycles. The number of hydrogen-bond donors (Lipinski definition) is 0. The number of nitro benzene ring substituents is 1. The zero-order valence-corrected chi connectivity index (χ0v) is 12.0. The largest absolute Gasteiger partial charge is 0.269 e. The molecule has 8 heteroatoms. The maximum absolute atomic E-state index is 12.4. The Hall–Kier alpha value is -1.98. The van der Waals surface area contributed by atoms with Crippen molar-refractivity contribution in [3.05, 3.63) is 34.4 Å². The van der Waals surface area contributed by atoms with Crippen molar-refractivity contribution in [2.75, 3.05) is 6.54 Å². The molecule has 0 saturated heterocycles. The summed E-state index contributed by atoms with van der Waals surface area (Å²) in [6, 6.07) is 6.31. The Labute approximate surface area is 117 Å². The normalized spacial score (nSPS) is 11.6. The third-order valence-electron chi connectivity index (χ3n) is 2.67. The molecule has 20 heavy (non-hydrogen) atoms. The molecule has 0 saturated carbocycles. The maximum Gasteiger partial charge on any atom is 0.269 e. The third kappa shape index (κ3) is 3.53. The van der Waals surface area contributed by atoms with Crippen molar-refractivity contribution < 1.29 is 13.3 Å². The van der Waals surface area contributed by atoms with Crippen molar-refractivity contribution in [3.63, 3.8) is 0 Å². The number of benzene rings is 1. The SMILES string of the molecule is CC(C)N(CCC#N)S(=O)(=O)c1ccc([N+](=O)[O-])cc1. The molecule has 1 aromatic rings. The lowest BCUT2D eigenvalue weighted by Crippen LogP contribution is -2.37. The predicted molar refractivity (Wildman–Crippen MR) is 72.4 cm³/mol. The minimum absolute atomic E-state index is 0.0188. The van der Waals surface area contributed by atoms with Gasteiger partial charge in [0, 0.05) is 31.1 Å². The van der Waals surface area contributed by atoms with Gasteiger partial charge in [0.15, 0.2) is 0 Å². The fraction of sp³-hybridized carbons (Fsp3) is 0.417. The Balaban J connectivity index is 3.13. The van der Waals surface area contributed by atoms with Crippen LogP contribution in [0, 0.1) is 21.4 Å². The van der Waals surface area contributed by atoms with Gasteiger partial charge in [-0.15, -0.1) is 0 Å². The first-order valence-electron chi connectivity index (χ1n) is 5.94. The summed E-state index contributed by atoms with van der Waals surface area (Å²) in [6.07, 6.45) is 0.0877. The van der Waals surface area contributed by atoms with Crippen LogP contribution in [0.2, 0.25) is 0 Å². The highest BCUT2D eigenvalue weighted by Crippen LogP contribution is 2.21. The number of nitro groups is 1. The summed E-state index contributed by atoms with van der Waals surface area (Å²) in [7, 11) is -3.76. The molecule has 0 aromatic heterocycles. The highest BCUT2D eigenvalue weighted by atomic mass is 32.2. The van der Waals surface area contributed by atoms with Gasteiger partial charge in [-0.25, -0.2) is 8.42 Å². The molecule has 0 N–H and O–H groups in total. The van der Waals surface area contributed by atoms with Crippen molar-refractivity contribution in [1.82, 2.24) is 4.31 Å². The topological polar surface area (TPSA) is 104 Å². The van der Waals surface area contributed by atoms with Crippen molar-refractivity contribution >= 4 is 15.7 Å². The van der Waals surface area contributed by atoms with E-state index in [1.165, 1.54) is 16.4 Å². The van der Waals surface area contributed by atoms with E-state index < -0.39 is 14.9 Å². The Morgan fingerprint density at radius 3 is 2.30 bits per heavy atom. The molecule has 0 bridgehead atoms. The summed E-state index contributed by atoms with van der Waals surface area (Å²) >= 11 is 0. The van der Waals surface area contributed by atoms with E-state index >= 15 is 0 Å². The van der Waals surface area contributed by atoms with Crippen LogP contribution in [-0.4, -0.2) is 30.2 Å². The van der Waals surface area contributed by atoms with Gasteiger partial charge in [-0.1, -0.05) is 0 Å². The van der Waals surface area contributed by atoms with Gasteiger partial charge in [-0.2, -0.15) is 9.57 Å². The van der Waals surface area contributed by atoms with Crippen LogP contribution in [0.4, 0.5) is 5.69 Å². The highest BCUT2D eigenvalue weighted by molar-refractivity contribution is 7.89. The first-order valence-corrected chi connectivity index (χ1v) is 7.38. The first kappa shape index (κ1) is 16.1. The molecule has 1 aromatic carbocycles. The maximum atomic E-state index is 12.4.